The summed E-state index contributed by atoms with van der Waals surface area (Å²) in [6.07, 6.45) is 6.12. The molecule has 0 amide bonds. The minimum Gasteiger partial charge on any atom is -0.480 e. The van der Waals surface area contributed by atoms with Crippen LogP contribution in [0.4, 0.5) is 4.39 Å². The van der Waals surface area contributed by atoms with Crippen LogP contribution in [0.1, 0.15) is 43.6 Å². The second kappa shape index (κ2) is 5.81. The molecule has 2 aromatic rings. The summed E-state index contributed by atoms with van der Waals surface area (Å²) < 4.78 is 13.6. The summed E-state index contributed by atoms with van der Waals surface area (Å²) in [6.45, 7) is 1.58. The summed E-state index contributed by atoms with van der Waals surface area (Å²) in [5.74, 6) is -0.586. The molecule has 1 N–H and O–H groups in total. The van der Waals surface area contributed by atoms with E-state index in [2.05, 4.69) is 9.88 Å². The smallest absolute Gasteiger partial charge is 0.324 e. The maximum absolute atomic E-state index is 13.6. The van der Waals surface area contributed by atoms with Crippen LogP contribution in [0.15, 0.2) is 30.5 Å². The van der Waals surface area contributed by atoms with Crippen molar-refractivity contribution < 1.29 is 14.3 Å². The first-order valence-corrected chi connectivity index (χ1v) is 8.63. The second-order valence-corrected chi connectivity index (χ2v) is 7.01. The molecule has 4 nitrogen and oxygen atoms in total. The van der Waals surface area contributed by atoms with Gasteiger partial charge in [-0.1, -0.05) is 0 Å². The van der Waals surface area contributed by atoms with Crippen LogP contribution >= 0.6 is 0 Å². The number of halogens is 1. The lowest BCUT2D eigenvalue weighted by Crippen LogP contribution is -2.60. The second-order valence-electron chi connectivity index (χ2n) is 7.01. The van der Waals surface area contributed by atoms with Gasteiger partial charge in [0.15, 0.2) is 0 Å². The molecule has 1 aliphatic heterocycles. The number of hydrogen-bond donors (Lipinski definition) is 1. The van der Waals surface area contributed by atoms with Crippen LogP contribution in [-0.4, -0.2) is 39.6 Å². The first kappa shape index (κ1) is 15.5. The van der Waals surface area contributed by atoms with Crippen LogP contribution in [0, 0.1) is 5.82 Å². The average molecular weight is 328 g/mol. The highest BCUT2D eigenvalue weighted by Crippen LogP contribution is 2.42. The van der Waals surface area contributed by atoms with Gasteiger partial charge in [-0.05, 0) is 80.9 Å². The number of piperidine rings is 1. The van der Waals surface area contributed by atoms with Crippen LogP contribution < -0.4 is 0 Å². The summed E-state index contributed by atoms with van der Waals surface area (Å²) in [5.41, 5.74) is 1.33. The molecule has 2 aliphatic rings. The van der Waals surface area contributed by atoms with Crippen molar-refractivity contribution in [3.63, 3.8) is 0 Å². The maximum Gasteiger partial charge on any atom is 0.324 e. The fraction of sp³-hybridized carbons (Fsp3) is 0.474. The molecule has 0 radical (unpaired) electrons. The molecule has 1 saturated heterocycles. The molecule has 0 bridgehead atoms. The number of fused-ring (bicyclic) bond motifs is 1. The summed E-state index contributed by atoms with van der Waals surface area (Å²) in [4.78, 5) is 18.1. The van der Waals surface area contributed by atoms with Gasteiger partial charge in [-0.2, -0.15) is 0 Å². The molecule has 1 saturated carbocycles. The molecule has 126 valence electrons. The average Bonchev–Trinajstić information content (AvgIpc) is 2.53. The fourth-order valence-corrected chi connectivity index (χ4v) is 4.29. The molecule has 1 aromatic heterocycles. The zero-order valence-electron chi connectivity index (χ0n) is 13.5. The Morgan fingerprint density at radius 1 is 1.25 bits per heavy atom. The van der Waals surface area contributed by atoms with Gasteiger partial charge in [0.25, 0.3) is 0 Å². The molecule has 0 atom stereocenters. The predicted octanol–water partition coefficient (Wildman–Crippen LogP) is 3.56. The molecule has 5 heteroatoms. The number of likely N-dealkylation sites (tertiary alicyclic amines) is 1. The quantitative estimate of drug-likeness (QED) is 0.936. The first-order chi connectivity index (χ1) is 11.6. The normalized spacial score (nSPS) is 21.5. The zero-order chi connectivity index (χ0) is 16.7. The standard InChI is InChI=1S/C19H21FN2O2/c20-14-2-3-17-16(12-14)15(4-9-21-17)13-5-10-22(11-6-13)19(18(23)24)7-1-8-19/h2-4,9,12-13H,1,5-8,10-11H2,(H,23,24). The third-order valence-corrected chi connectivity index (χ3v) is 5.86. The Kier molecular flexibility index (Phi) is 3.76. The molecule has 24 heavy (non-hydrogen) atoms. The number of carboxylic acids is 1. The highest BCUT2D eigenvalue weighted by molar-refractivity contribution is 5.82. The van der Waals surface area contributed by atoms with Gasteiger partial charge in [-0.15, -0.1) is 0 Å². The summed E-state index contributed by atoms with van der Waals surface area (Å²) >= 11 is 0. The Bertz CT molecular complexity index is 780. The van der Waals surface area contributed by atoms with Gasteiger partial charge in [0.1, 0.15) is 11.4 Å². The van der Waals surface area contributed by atoms with E-state index in [0.717, 1.165) is 61.7 Å². The van der Waals surface area contributed by atoms with E-state index in [1.807, 2.05) is 6.07 Å². The molecular weight excluding hydrogens is 307 g/mol. The number of rotatable bonds is 3. The highest BCUT2D eigenvalue weighted by atomic mass is 19.1. The van der Waals surface area contributed by atoms with Crippen molar-refractivity contribution >= 4 is 16.9 Å². The molecule has 2 fully saturated rings. The zero-order valence-corrected chi connectivity index (χ0v) is 13.5. The van der Waals surface area contributed by atoms with Gasteiger partial charge < -0.3 is 5.11 Å². The van der Waals surface area contributed by atoms with Crippen molar-refractivity contribution in [1.82, 2.24) is 9.88 Å². The fourth-order valence-electron chi connectivity index (χ4n) is 4.29. The number of carbonyl (C=O) groups is 1. The number of pyridine rings is 1. The van der Waals surface area contributed by atoms with E-state index in [9.17, 15) is 14.3 Å². The van der Waals surface area contributed by atoms with Crippen LogP contribution in [0.3, 0.4) is 0 Å². The predicted molar refractivity (Wildman–Crippen MR) is 89.5 cm³/mol. The first-order valence-electron chi connectivity index (χ1n) is 8.63. The van der Waals surface area contributed by atoms with E-state index in [1.165, 1.54) is 6.07 Å². The molecule has 1 aliphatic carbocycles. The van der Waals surface area contributed by atoms with E-state index in [1.54, 1.807) is 18.3 Å². The van der Waals surface area contributed by atoms with Crippen molar-refractivity contribution in [3.05, 3.63) is 41.8 Å². The van der Waals surface area contributed by atoms with Gasteiger partial charge in [-0.25, -0.2) is 4.39 Å². The van der Waals surface area contributed by atoms with Gasteiger partial charge >= 0.3 is 5.97 Å². The number of benzene rings is 1. The summed E-state index contributed by atoms with van der Waals surface area (Å²) in [5, 5.41) is 10.5. The lowest BCUT2D eigenvalue weighted by molar-refractivity contribution is -0.159. The van der Waals surface area contributed by atoms with Crippen LogP contribution in [0.5, 0.6) is 0 Å². The van der Waals surface area contributed by atoms with Gasteiger partial charge in [-0.3, -0.25) is 14.7 Å². The lowest BCUT2D eigenvalue weighted by Gasteiger charge is -2.49. The maximum atomic E-state index is 13.6. The monoisotopic (exact) mass is 328 g/mol. The number of aromatic nitrogens is 1. The van der Waals surface area contributed by atoms with Crippen molar-refractivity contribution in [1.29, 1.82) is 0 Å². The van der Waals surface area contributed by atoms with E-state index < -0.39 is 11.5 Å². The minimum absolute atomic E-state index is 0.242. The van der Waals surface area contributed by atoms with Gasteiger partial charge in [0.2, 0.25) is 0 Å². The Labute approximate surface area is 140 Å². The number of hydrogen-bond acceptors (Lipinski definition) is 3. The van der Waals surface area contributed by atoms with Gasteiger partial charge in [0, 0.05) is 11.6 Å². The van der Waals surface area contributed by atoms with Crippen molar-refractivity contribution in [2.45, 2.75) is 43.6 Å². The molecule has 1 aromatic carbocycles. The molecule has 2 heterocycles. The van der Waals surface area contributed by atoms with Gasteiger partial charge in [0.05, 0.1) is 5.52 Å². The van der Waals surface area contributed by atoms with Crippen molar-refractivity contribution in [2.24, 2.45) is 0 Å². The SMILES string of the molecule is O=C(O)C1(N2CCC(c3ccnc4ccc(F)cc34)CC2)CCC1. The number of carboxylic acid groups (broad SMARTS) is 1. The third-order valence-electron chi connectivity index (χ3n) is 5.86. The summed E-state index contributed by atoms with van der Waals surface area (Å²) in [6, 6.07) is 6.71. The van der Waals surface area contributed by atoms with E-state index in [0.29, 0.717) is 5.92 Å². The molecule has 0 spiro atoms. The Morgan fingerprint density at radius 3 is 2.62 bits per heavy atom. The molecule has 4 rings (SSSR count). The van der Waals surface area contributed by atoms with Crippen molar-refractivity contribution in [3.8, 4) is 0 Å². The van der Waals surface area contributed by atoms with Crippen LogP contribution in [-0.2, 0) is 4.79 Å². The Morgan fingerprint density at radius 2 is 2.00 bits per heavy atom. The topological polar surface area (TPSA) is 53.4 Å². The molecule has 0 unspecified atom stereocenters. The van der Waals surface area contributed by atoms with E-state index >= 15 is 0 Å². The Balaban J connectivity index is 1.56. The highest BCUT2D eigenvalue weighted by Gasteiger charge is 2.49. The van der Waals surface area contributed by atoms with Crippen LogP contribution in [0.2, 0.25) is 0 Å². The number of aliphatic carboxylic acids is 1. The van der Waals surface area contributed by atoms with E-state index in [4.69, 9.17) is 0 Å². The summed E-state index contributed by atoms with van der Waals surface area (Å²) in [7, 11) is 0. The Hall–Kier alpha value is -2.01. The number of nitrogens with zero attached hydrogens (tertiary/aromatic N) is 2. The van der Waals surface area contributed by atoms with Crippen molar-refractivity contribution in [2.75, 3.05) is 13.1 Å². The largest absolute Gasteiger partial charge is 0.480 e. The van der Waals surface area contributed by atoms with Crippen LogP contribution in [0.25, 0.3) is 10.9 Å². The minimum atomic E-state index is -0.677. The lowest BCUT2D eigenvalue weighted by atomic mass is 9.73. The molecular formula is C19H21FN2O2. The van der Waals surface area contributed by atoms with E-state index in [-0.39, 0.29) is 5.82 Å². The third kappa shape index (κ3) is 2.38.